The van der Waals surface area contributed by atoms with Crippen LogP contribution in [0.4, 0.5) is 0 Å². The lowest BCUT2D eigenvalue weighted by Crippen LogP contribution is -2.48. The minimum Gasteiger partial charge on any atom is -0.493 e. The number of rotatable bonds is 6. The highest BCUT2D eigenvalue weighted by Crippen LogP contribution is 2.27. The molecule has 160 valence electrons. The molecule has 4 rings (SSSR count). The van der Waals surface area contributed by atoms with Crippen LogP contribution in [0.1, 0.15) is 63.5 Å². The Balaban J connectivity index is 1.41. The van der Waals surface area contributed by atoms with Crippen LogP contribution in [0.15, 0.2) is 18.2 Å². The lowest BCUT2D eigenvalue weighted by atomic mass is 10.0. The van der Waals surface area contributed by atoms with E-state index in [0.29, 0.717) is 24.3 Å². The number of ketones is 1. The zero-order chi connectivity index (χ0) is 21.3. The van der Waals surface area contributed by atoms with Crippen molar-refractivity contribution in [2.45, 2.75) is 46.6 Å². The third-order valence-electron chi connectivity index (χ3n) is 6.18. The Bertz CT molecular complexity index is 955. The van der Waals surface area contributed by atoms with Crippen molar-refractivity contribution in [3.63, 3.8) is 0 Å². The SMILES string of the molecule is CCCc1c(C(=O)N2CCN(Cc3ccc4c(c3)CCO4)CC2)[nH]c(C)c1C(C)=O. The fraction of sp³-hybridized carbons (Fsp3) is 0.500. The monoisotopic (exact) mass is 409 g/mol. The fourth-order valence-electron chi connectivity index (χ4n) is 4.70. The predicted molar refractivity (Wildman–Crippen MR) is 116 cm³/mol. The molecule has 0 bridgehead atoms. The number of aromatic amines is 1. The van der Waals surface area contributed by atoms with Gasteiger partial charge in [-0.1, -0.05) is 25.5 Å². The van der Waals surface area contributed by atoms with Crippen LogP contribution in [0.3, 0.4) is 0 Å². The number of hydrogen-bond acceptors (Lipinski definition) is 4. The van der Waals surface area contributed by atoms with E-state index in [1.165, 1.54) is 11.1 Å². The van der Waals surface area contributed by atoms with Crippen molar-refractivity contribution in [1.82, 2.24) is 14.8 Å². The van der Waals surface area contributed by atoms with E-state index in [4.69, 9.17) is 4.74 Å². The summed E-state index contributed by atoms with van der Waals surface area (Å²) in [4.78, 5) is 32.9. The Morgan fingerprint density at radius 3 is 2.63 bits per heavy atom. The van der Waals surface area contributed by atoms with Gasteiger partial charge in [-0.3, -0.25) is 14.5 Å². The zero-order valence-electron chi connectivity index (χ0n) is 18.2. The molecule has 30 heavy (non-hydrogen) atoms. The number of hydrogen-bond donors (Lipinski definition) is 1. The number of aryl methyl sites for hydroxylation is 1. The molecule has 1 amide bonds. The number of Topliss-reactive ketones (excluding diaryl/α,β-unsaturated/α-hetero) is 1. The van der Waals surface area contributed by atoms with Gasteiger partial charge in [0.15, 0.2) is 5.78 Å². The molecule has 1 saturated heterocycles. The van der Waals surface area contributed by atoms with Crippen LogP contribution in [0, 0.1) is 6.92 Å². The summed E-state index contributed by atoms with van der Waals surface area (Å²) in [5.41, 5.74) is 5.58. The van der Waals surface area contributed by atoms with Crippen LogP contribution in [-0.2, 0) is 19.4 Å². The van der Waals surface area contributed by atoms with Gasteiger partial charge in [0, 0.05) is 50.4 Å². The zero-order valence-corrected chi connectivity index (χ0v) is 18.2. The number of H-pyrrole nitrogens is 1. The van der Waals surface area contributed by atoms with Crippen molar-refractivity contribution < 1.29 is 14.3 Å². The Hall–Kier alpha value is -2.60. The summed E-state index contributed by atoms with van der Waals surface area (Å²) in [5.74, 6) is 1.06. The maximum absolute atomic E-state index is 13.2. The molecule has 6 nitrogen and oxygen atoms in total. The number of amides is 1. The summed E-state index contributed by atoms with van der Waals surface area (Å²) >= 11 is 0. The fourth-order valence-corrected chi connectivity index (χ4v) is 4.70. The first-order valence-electron chi connectivity index (χ1n) is 11.0. The number of benzene rings is 1. The second-order valence-electron chi connectivity index (χ2n) is 8.39. The summed E-state index contributed by atoms with van der Waals surface area (Å²) in [7, 11) is 0. The summed E-state index contributed by atoms with van der Waals surface area (Å²) in [6.45, 7) is 10.3. The number of nitrogens with one attached hydrogen (secondary N) is 1. The van der Waals surface area contributed by atoms with Crippen LogP contribution < -0.4 is 4.74 Å². The van der Waals surface area contributed by atoms with Crippen molar-refractivity contribution >= 4 is 11.7 Å². The molecule has 3 heterocycles. The average Bonchev–Trinajstić information content (AvgIpc) is 3.32. The molecule has 1 aromatic heterocycles. The summed E-state index contributed by atoms with van der Waals surface area (Å²) in [6, 6.07) is 6.47. The van der Waals surface area contributed by atoms with Crippen molar-refractivity contribution in [2.24, 2.45) is 0 Å². The molecule has 2 aliphatic heterocycles. The van der Waals surface area contributed by atoms with Gasteiger partial charge in [0.05, 0.1) is 6.61 Å². The second kappa shape index (κ2) is 8.64. The number of ether oxygens (including phenoxy) is 1. The predicted octanol–water partition coefficient (Wildman–Crippen LogP) is 3.37. The van der Waals surface area contributed by atoms with Gasteiger partial charge >= 0.3 is 0 Å². The number of piperazine rings is 1. The molecule has 1 aromatic carbocycles. The molecule has 0 aliphatic carbocycles. The van der Waals surface area contributed by atoms with Crippen LogP contribution in [-0.4, -0.2) is 59.3 Å². The van der Waals surface area contributed by atoms with E-state index >= 15 is 0 Å². The summed E-state index contributed by atoms with van der Waals surface area (Å²) in [6.07, 6.45) is 2.63. The third kappa shape index (κ3) is 4.01. The summed E-state index contributed by atoms with van der Waals surface area (Å²) in [5, 5.41) is 0. The molecule has 2 aromatic rings. The van der Waals surface area contributed by atoms with Gasteiger partial charge < -0.3 is 14.6 Å². The average molecular weight is 410 g/mol. The molecule has 0 unspecified atom stereocenters. The molecule has 0 atom stereocenters. The summed E-state index contributed by atoms with van der Waals surface area (Å²) < 4.78 is 5.60. The number of aromatic nitrogens is 1. The van der Waals surface area contributed by atoms with Gasteiger partial charge in [0.1, 0.15) is 11.4 Å². The lowest BCUT2D eigenvalue weighted by molar-refractivity contribution is 0.0622. The van der Waals surface area contributed by atoms with Gasteiger partial charge in [-0.2, -0.15) is 0 Å². The number of nitrogens with zero attached hydrogens (tertiary/aromatic N) is 2. The molecular formula is C24H31N3O3. The first-order valence-corrected chi connectivity index (χ1v) is 11.0. The van der Waals surface area contributed by atoms with Gasteiger partial charge in [-0.15, -0.1) is 0 Å². The van der Waals surface area contributed by atoms with E-state index in [0.717, 1.165) is 62.5 Å². The van der Waals surface area contributed by atoms with E-state index in [1.807, 2.05) is 11.8 Å². The molecule has 0 spiro atoms. The van der Waals surface area contributed by atoms with Crippen LogP contribution in [0.5, 0.6) is 5.75 Å². The first-order chi connectivity index (χ1) is 14.5. The van der Waals surface area contributed by atoms with Crippen LogP contribution >= 0.6 is 0 Å². The molecule has 0 radical (unpaired) electrons. The first kappa shape index (κ1) is 20.7. The Kier molecular flexibility index (Phi) is 5.95. The van der Waals surface area contributed by atoms with Gasteiger partial charge in [0.25, 0.3) is 5.91 Å². The quantitative estimate of drug-likeness (QED) is 0.743. The van der Waals surface area contributed by atoms with E-state index in [2.05, 4.69) is 35.0 Å². The highest BCUT2D eigenvalue weighted by Gasteiger charge is 2.28. The maximum atomic E-state index is 13.2. The smallest absolute Gasteiger partial charge is 0.270 e. The Morgan fingerprint density at radius 2 is 1.93 bits per heavy atom. The van der Waals surface area contributed by atoms with E-state index in [1.54, 1.807) is 6.92 Å². The van der Waals surface area contributed by atoms with Crippen molar-refractivity contribution in [2.75, 3.05) is 32.8 Å². The number of carbonyl (C=O) groups excluding carboxylic acids is 2. The normalized spacial score (nSPS) is 16.4. The highest BCUT2D eigenvalue weighted by molar-refractivity contribution is 6.02. The van der Waals surface area contributed by atoms with Crippen LogP contribution in [0.25, 0.3) is 0 Å². The van der Waals surface area contributed by atoms with Gasteiger partial charge in [-0.05, 0) is 43.0 Å². The molecule has 6 heteroatoms. The minimum absolute atomic E-state index is 0.0170. The van der Waals surface area contributed by atoms with E-state index in [-0.39, 0.29) is 11.7 Å². The number of carbonyl (C=O) groups is 2. The van der Waals surface area contributed by atoms with Gasteiger partial charge in [0.2, 0.25) is 0 Å². The van der Waals surface area contributed by atoms with E-state index in [9.17, 15) is 9.59 Å². The van der Waals surface area contributed by atoms with Crippen molar-refractivity contribution in [3.05, 3.63) is 51.8 Å². The highest BCUT2D eigenvalue weighted by atomic mass is 16.5. The molecular weight excluding hydrogens is 378 g/mol. The largest absolute Gasteiger partial charge is 0.493 e. The second-order valence-corrected chi connectivity index (χ2v) is 8.39. The third-order valence-corrected chi connectivity index (χ3v) is 6.18. The Morgan fingerprint density at radius 1 is 1.17 bits per heavy atom. The molecule has 2 aliphatic rings. The topological polar surface area (TPSA) is 65.6 Å². The van der Waals surface area contributed by atoms with Gasteiger partial charge in [-0.25, -0.2) is 0 Å². The standard InChI is InChI=1S/C24H31N3O3/c1-4-5-20-22(17(3)28)16(2)25-23(20)24(29)27-11-9-26(10-12-27)15-18-6-7-21-19(14-18)8-13-30-21/h6-7,14,25H,4-5,8-13,15H2,1-3H3. The van der Waals surface area contributed by atoms with E-state index < -0.39 is 0 Å². The lowest BCUT2D eigenvalue weighted by Gasteiger charge is -2.34. The molecule has 1 N–H and O–H groups in total. The van der Waals surface area contributed by atoms with Crippen molar-refractivity contribution in [1.29, 1.82) is 0 Å². The molecule has 1 fully saturated rings. The minimum atomic E-state index is 0.0170. The maximum Gasteiger partial charge on any atom is 0.270 e. The van der Waals surface area contributed by atoms with Crippen LogP contribution in [0.2, 0.25) is 0 Å². The number of fused-ring (bicyclic) bond motifs is 1. The van der Waals surface area contributed by atoms with Crippen molar-refractivity contribution in [3.8, 4) is 5.75 Å². The Labute approximate surface area is 178 Å². The molecule has 0 saturated carbocycles.